The van der Waals surface area contributed by atoms with Crippen molar-refractivity contribution in [3.63, 3.8) is 0 Å². The summed E-state index contributed by atoms with van der Waals surface area (Å²) in [7, 11) is 2.04. The molecule has 88 valence electrons. The van der Waals surface area contributed by atoms with E-state index in [1.54, 1.807) is 0 Å². The largest absolute Gasteiger partial charge is 0.371 e. The molecule has 0 spiro atoms. The Kier molecular flexibility index (Phi) is 5.00. The molecule has 1 atom stereocenters. The molecule has 0 aliphatic heterocycles. The van der Waals surface area contributed by atoms with Crippen molar-refractivity contribution in [2.45, 2.75) is 32.7 Å². The van der Waals surface area contributed by atoms with Crippen molar-refractivity contribution in [2.75, 3.05) is 11.9 Å². The number of rotatable bonds is 5. The molecule has 3 heteroatoms. The molecule has 0 bridgehead atoms. The Morgan fingerprint density at radius 3 is 2.75 bits per heavy atom. The van der Waals surface area contributed by atoms with E-state index in [2.05, 4.69) is 34.7 Å². The first-order valence-electron chi connectivity index (χ1n) is 5.57. The molecule has 0 aliphatic carbocycles. The molecule has 1 unspecified atom stereocenters. The lowest BCUT2D eigenvalue weighted by atomic mass is 10.1. The number of benzene rings is 1. The maximum absolute atomic E-state index is 11.0. The van der Waals surface area contributed by atoms with Crippen LogP contribution in [0.5, 0.6) is 0 Å². The third kappa shape index (κ3) is 3.08. The van der Waals surface area contributed by atoms with Crippen molar-refractivity contribution < 1.29 is 4.79 Å². The third-order valence-corrected chi connectivity index (χ3v) is 3.36. The Balaban J connectivity index is 2.98. The molecule has 0 aliphatic rings. The van der Waals surface area contributed by atoms with Gasteiger partial charge in [-0.1, -0.05) is 29.3 Å². The molecule has 0 saturated heterocycles. The summed E-state index contributed by atoms with van der Waals surface area (Å²) >= 11 is 3.38. The highest BCUT2D eigenvalue weighted by molar-refractivity contribution is 9.10. The van der Waals surface area contributed by atoms with Crippen molar-refractivity contribution in [1.29, 1.82) is 0 Å². The van der Waals surface area contributed by atoms with Crippen molar-refractivity contribution in [2.24, 2.45) is 0 Å². The molecule has 0 amide bonds. The Morgan fingerprint density at radius 1 is 1.50 bits per heavy atom. The summed E-state index contributed by atoms with van der Waals surface area (Å²) in [4.78, 5) is 13.2. The van der Waals surface area contributed by atoms with E-state index in [0.29, 0.717) is 6.04 Å². The quantitative estimate of drug-likeness (QED) is 0.765. The molecule has 0 radical (unpaired) electrons. The maximum atomic E-state index is 11.0. The standard InChI is InChI=1S/C13H18BrNO/c1-4-5-10(2)15(3)13-7-6-12(14)8-11(13)9-16/h6-10H,4-5H2,1-3H3. The zero-order chi connectivity index (χ0) is 12.1. The highest BCUT2D eigenvalue weighted by Crippen LogP contribution is 2.24. The van der Waals surface area contributed by atoms with Gasteiger partial charge >= 0.3 is 0 Å². The van der Waals surface area contributed by atoms with Crippen LogP contribution in [0.25, 0.3) is 0 Å². The first-order chi connectivity index (χ1) is 7.60. The van der Waals surface area contributed by atoms with Gasteiger partial charge in [0.2, 0.25) is 0 Å². The molecule has 2 nitrogen and oxygen atoms in total. The SMILES string of the molecule is CCCC(C)N(C)c1ccc(Br)cc1C=O. The van der Waals surface area contributed by atoms with Crippen LogP contribution in [0.2, 0.25) is 0 Å². The molecule has 0 fully saturated rings. The fourth-order valence-electron chi connectivity index (χ4n) is 1.79. The highest BCUT2D eigenvalue weighted by atomic mass is 79.9. The average molecular weight is 284 g/mol. The lowest BCUT2D eigenvalue weighted by molar-refractivity contribution is 0.112. The van der Waals surface area contributed by atoms with Crippen LogP contribution in [0.3, 0.4) is 0 Å². The number of hydrogen-bond donors (Lipinski definition) is 0. The fourth-order valence-corrected chi connectivity index (χ4v) is 2.17. The molecule has 0 heterocycles. The van der Waals surface area contributed by atoms with Crippen LogP contribution in [-0.4, -0.2) is 19.4 Å². The van der Waals surface area contributed by atoms with Gasteiger partial charge in [0.05, 0.1) is 0 Å². The van der Waals surface area contributed by atoms with E-state index in [1.165, 1.54) is 0 Å². The van der Waals surface area contributed by atoms with Crippen molar-refractivity contribution >= 4 is 27.9 Å². The Morgan fingerprint density at radius 2 is 2.19 bits per heavy atom. The van der Waals surface area contributed by atoms with Crippen molar-refractivity contribution in [3.05, 3.63) is 28.2 Å². The maximum Gasteiger partial charge on any atom is 0.152 e. The summed E-state index contributed by atoms with van der Waals surface area (Å²) in [6.07, 6.45) is 3.19. The Labute approximate surface area is 106 Å². The minimum atomic E-state index is 0.449. The van der Waals surface area contributed by atoms with E-state index >= 15 is 0 Å². The predicted molar refractivity (Wildman–Crippen MR) is 72.3 cm³/mol. The first kappa shape index (κ1) is 13.2. The minimum Gasteiger partial charge on any atom is -0.371 e. The minimum absolute atomic E-state index is 0.449. The van der Waals surface area contributed by atoms with Crippen LogP contribution in [0.4, 0.5) is 5.69 Å². The van der Waals surface area contributed by atoms with Crippen LogP contribution in [-0.2, 0) is 0 Å². The smallest absolute Gasteiger partial charge is 0.152 e. The van der Waals surface area contributed by atoms with Gasteiger partial charge in [-0.3, -0.25) is 4.79 Å². The molecule has 1 rings (SSSR count). The van der Waals surface area contributed by atoms with Gasteiger partial charge in [-0.15, -0.1) is 0 Å². The Hall–Kier alpha value is -0.830. The van der Waals surface area contributed by atoms with E-state index in [9.17, 15) is 4.79 Å². The summed E-state index contributed by atoms with van der Waals surface area (Å²) in [5.74, 6) is 0. The van der Waals surface area contributed by atoms with Gasteiger partial charge in [0, 0.05) is 28.8 Å². The number of carbonyl (C=O) groups excluding carboxylic acids is 1. The fraction of sp³-hybridized carbons (Fsp3) is 0.462. The predicted octanol–water partition coefficient (Wildman–Crippen LogP) is 3.89. The van der Waals surface area contributed by atoms with Gasteiger partial charge in [-0.2, -0.15) is 0 Å². The van der Waals surface area contributed by atoms with E-state index < -0.39 is 0 Å². The number of hydrogen-bond acceptors (Lipinski definition) is 2. The third-order valence-electron chi connectivity index (χ3n) is 2.86. The molecule has 0 N–H and O–H groups in total. The second kappa shape index (κ2) is 6.04. The van der Waals surface area contributed by atoms with Gasteiger partial charge in [0.1, 0.15) is 0 Å². The summed E-state index contributed by atoms with van der Waals surface area (Å²) < 4.78 is 0.940. The lowest BCUT2D eigenvalue weighted by Crippen LogP contribution is -2.29. The second-order valence-electron chi connectivity index (χ2n) is 4.07. The molecule has 16 heavy (non-hydrogen) atoms. The van der Waals surface area contributed by atoms with Crippen LogP contribution < -0.4 is 4.90 Å². The number of carbonyl (C=O) groups is 1. The average Bonchev–Trinajstić information content (AvgIpc) is 2.28. The van der Waals surface area contributed by atoms with Gasteiger partial charge in [-0.25, -0.2) is 0 Å². The van der Waals surface area contributed by atoms with Crippen molar-refractivity contribution in [1.82, 2.24) is 0 Å². The van der Waals surface area contributed by atoms with Crippen molar-refractivity contribution in [3.8, 4) is 0 Å². The van der Waals surface area contributed by atoms with E-state index in [1.807, 2.05) is 25.2 Å². The molecular weight excluding hydrogens is 266 g/mol. The Bertz CT molecular complexity index is 365. The summed E-state index contributed by atoms with van der Waals surface area (Å²) in [5.41, 5.74) is 1.74. The lowest BCUT2D eigenvalue weighted by Gasteiger charge is -2.28. The van der Waals surface area contributed by atoms with Gasteiger partial charge in [-0.05, 0) is 31.5 Å². The second-order valence-corrected chi connectivity index (χ2v) is 4.99. The number of nitrogens with zero attached hydrogens (tertiary/aromatic N) is 1. The first-order valence-corrected chi connectivity index (χ1v) is 6.37. The summed E-state index contributed by atoms with van der Waals surface area (Å²) in [6, 6.07) is 6.26. The van der Waals surface area contributed by atoms with Gasteiger partial charge < -0.3 is 4.90 Å². The monoisotopic (exact) mass is 283 g/mol. The highest BCUT2D eigenvalue weighted by Gasteiger charge is 2.12. The molecular formula is C13H18BrNO. The van der Waals surface area contributed by atoms with Crippen LogP contribution >= 0.6 is 15.9 Å². The van der Waals surface area contributed by atoms with Gasteiger partial charge in [0.25, 0.3) is 0 Å². The number of halogens is 1. The molecule has 0 saturated carbocycles. The summed E-state index contributed by atoms with van der Waals surface area (Å²) in [5, 5.41) is 0. The van der Waals surface area contributed by atoms with Crippen LogP contribution in [0.1, 0.15) is 37.0 Å². The summed E-state index contributed by atoms with van der Waals surface area (Å²) in [6.45, 7) is 4.35. The topological polar surface area (TPSA) is 20.3 Å². The van der Waals surface area contributed by atoms with Crippen LogP contribution in [0, 0.1) is 0 Å². The normalized spacial score (nSPS) is 12.2. The number of anilines is 1. The van der Waals surface area contributed by atoms with Crippen LogP contribution in [0.15, 0.2) is 22.7 Å². The zero-order valence-corrected chi connectivity index (χ0v) is 11.6. The molecule has 1 aromatic carbocycles. The van der Waals surface area contributed by atoms with E-state index in [-0.39, 0.29) is 0 Å². The van der Waals surface area contributed by atoms with E-state index in [0.717, 1.165) is 34.9 Å². The van der Waals surface area contributed by atoms with E-state index in [4.69, 9.17) is 0 Å². The van der Waals surface area contributed by atoms with Gasteiger partial charge in [0.15, 0.2) is 6.29 Å². The number of aldehydes is 1. The molecule has 1 aromatic rings. The zero-order valence-electron chi connectivity index (χ0n) is 10.0. The molecule has 0 aromatic heterocycles.